The molecule has 0 saturated carbocycles. The minimum absolute atomic E-state index is 0.279. The first-order valence-electron chi connectivity index (χ1n) is 11.9. The second-order valence-corrected chi connectivity index (χ2v) is 9.19. The summed E-state index contributed by atoms with van der Waals surface area (Å²) < 4.78 is 27.4. The van der Waals surface area contributed by atoms with Crippen LogP contribution in [0.5, 0.6) is 17.2 Å². The monoisotopic (exact) mass is 543 g/mol. The van der Waals surface area contributed by atoms with Gasteiger partial charge in [0, 0.05) is 22.3 Å². The number of hydrogen-bond acceptors (Lipinski definition) is 10. The molecule has 9 nitrogen and oxygen atoms in total. The quantitative estimate of drug-likeness (QED) is 0.161. The summed E-state index contributed by atoms with van der Waals surface area (Å²) in [5.41, 5.74) is 3.99. The Morgan fingerprint density at radius 3 is 2.21 bits per heavy atom. The molecular formula is C29H25N3O6S. The molecule has 0 fully saturated rings. The van der Waals surface area contributed by atoms with Crippen molar-refractivity contribution in [2.24, 2.45) is 0 Å². The SMILES string of the molecule is COC(=O)c1c(CSc2nnc(-c3cc(OC)c(OC)c(OC)c3)o2)nc2ccccc2c1-c1ccccc1. The molecule has 0 aliphatic rings. The number of carbonyl (C=O) groups is 1. The molecule has 3 aromatic carbocycles. The molecule has 0 amide bonds. The molecule has 0 bridgehead atoms. The van der Waals surface area contributed by atoms with Gasteiger partial charge in [-0.05, 0) is 23.8 Å². The molecule has 0 aliphatic heterocycles. The molecule has 0 saturated heterocycles. The Bertz CT molecular complexity index is 1610. The molecule has 2 aromatic heterocycles. The maximum Gasteiger partial charge on any atom is 0.340 e. The number of pyridine rings is 1. The van der Waals surface area contributed by atoms with Crippen molar-refractivity contribution in [1.29, 1.82) is 0 Å². The molecular weight excluding hydrogens is 518 g/mol. The average Bonchev–Trinajstić information content (AvgIpc) is 3.47. The summed E-state index contributed by atoms with van der Waals surface area (Å²) in [5, 5.41) is 9.55. The number of ether oxygens (including phenoxy) is 4. The standard InChI is InChI=1S/C29H25N3O6S/c1-34-22-14-18(15-23(35-2)26(22)36-3)27-31-32-29(38-27)39-16-21-25(28(33)37-4)24(17-10-6-5-7-11-17)19-12-8-9-13-20(19)30-21/h5-15H,16H2,1-4H3. The third-order valence-corrected chi connectivity index (χ3v) is 6.90. The zero-order valence-corrected chi connectivity index (χ0v) is 22.6. The predicted molar refractivity (Wildman–Crippen MR) is 147 cm³/mol. The van der Waals surface area contributed by atoms with Crippen LogP contribution in [-0.2, 0) is 10.5 Å². The summed E-state index contributed by atoms with van der Waals surface area (Å²) in [6.07, 6.45) is 0. The third kappa shape index (κ3) is 5.10. The number of rotatable bonds is 9. The first-order chi connectivity index (χ1) is 19.1. The number of hydrogen-bond donors (Lipinski definition) is 0. The Balaban J connectivity index is 1.52. The van der Waals surface area contributed by atoms with Crippen molar-refractivity contribution in [3.05, 3.63) is 78.0 Å². The maximum atomic E-state index is 13.1. The van der Waals surface area contributed by atoms with Crippen LogP contribution in [0.3, 0.4) is 0 Å². The van der Waals surface area contributed by atoms with Gasteiger partial charge < -0.3 is 23.4 Å². The third-order valence-electron chi connectivity index (χ3n) is 6.07. The number of carbonyl (C=O) groups excluding carboxylic acids is 1. The van der Waals surface area contributed by atoms with Crippen LogP contribution in [0.25, 0.3) is 33.5 Å². The van der Waals surface area contributed by atoms with Crippen molar-refractivity contribution in [3.63, 3.8) is 0 Å². The van der Waals surface area contributed by atoms with Crippen LogP contribution in [0.2, 0.25) is 0 Å². The van der Waals surface area contributed by atoms with Crippen LogP contribution in [0, 0.1) is 0 Å². The summed E-state index contributed by atoms with van der Waals surface area (Å²) in [5.74, 6) is 1.51. The lowest BCUT2D eigenvalue weighted by molar-refractivity contribution is 0.0600. The molecule has 0 N–H and O–H groups in total. The van der Waals surface area contributed by atoms with Gasteiger partial charge >= 0.3 is 5.97 Å². The Labute approximate surface area is 229 Å². The second-order valence-electron chi connectivity index (χ2n) is 8.26. The molecule has 5 rings (SSSR count). The number of para-hydroxylation sites is 1. The largest absolute Gasteiger partial charge is 0.493 e. The van der Waals surface area contributed by atoms with Crippen molar-refractivity contribution in [1.82, 2.24) is 15.2 Å². The van der Waals surface area contributed by atoms with E-state index in [0.717, 1.165) is 22.0 Å². The lowest BCUT2D eigenvalue weighted by Gasteiger charge is -2.15. The van der Waals surface area contributed by atoms with E-state index in [0.29, 0.717) is 45.0 Å². The minimum atomic E-state index is -0.466. The fraction of sp³-hybridized carbons (Fsp3) is 0.172. The van der Waals surface area contributed by atoms with Gasteiger partial charge in [0.1, 0.15) is 0 Å². The van der Waals surface area contributed by atoms with Crippen LogP contribution in [0.4, 0.5) is 0 Å². The lowest BCUT2D eigenvalue weighted by Crippen LogP contribution is -2.10. The van der Waals surface area contributed by atoms with E-state index in [1.165, 1.54) is 40.2 Å². The van der Waals surface area contributed by atoms with Gasteiger partial charge in [0.2, 0.25) is 11.6 Å². The fourth-order valence-corrected chi connectivity index (χ4v) is 5.02. The van der Waals surface area contributed by atoms with Gasteiger partial charge in [-0.2, -0.15) is 0 Å². The van der Waals surface area contributed by atoms with Gasteiger partial charge in [-0.25, -0.2) is 4.79 Å². The van der Waals surface area contributed by atoms with Crippen molar-refractivity contribution < 1.29 is 28.2 Å². The normalized spacial score (nSPS) is 10.9. The van der Waals surface area contributed by atoms with Crippen LogP contribution in [0.15, 0.2) is 76.4 Å². The first-order valence-corrected chi connectivity index (χ1v) is 12.9. The van der Waals surface area contributed by atoms with Crippen molar-refractivity contribution >= 4 is 28.6 Å². The molecule has 0 radical (unpaired) electrons. The molecule has 5 aromatic rings. The Morgan fingerprint density at radius 2 is 1.54 bits per heavy atom. The number of benzene rings is 3. The van der Waals surface area contributed by atoms with Crippen molar-refractivity contribution in [2.75, 3.05) is 28.4 Å². The second kappa shape index (κ2) is 11.4. The van der Waals surface area contributed by atoms with Crippen LogP contribution >= 0.6 is 11.8 Å². The predicted octanol–water partition coefficient (Wildman–Crippen LogP) is 6.06. The molecule has 198 valence electrons. The van der Waals surface area contributed by atoms with Gasteiger partial charge in [0.25, 0.3) is 5.22 Å². The number of esters is 1. The van der Waals surface area contributed by atoms with Gasteiger partial charge in [-0.15, -0.1) is 10.2 Å². The van der Waals surface area contributed by atoms with E-state index in [1.54, 1.807) is 12.1 Å². The maximum absolute atomic E-state index is 13.1. The number of fused-ring (bicyclic) bond motifs is 1. The Morgan fingerprint density at radius 1 is 0.846 bits per heavy atom. The highest BCUT2D eigenvalue weighted by Crippen LogP contribution is 2.41. The average molecular weight is 544 g/mol. The van der Waals surface area contributed by atoms with Gasteiger partial charge in [0.15, 0.2) is 11.5 Å². The van der Waals surface area contributed by atoms with E-state index in [2.05, 4.69) is 10.2 Å². The number of nitrogens with zero attached hydrogens (tertiary/aromatic N) is 3. The number of thioether (sulfide) groups is 1. The first kappa shape index (κ1) is 26.1. The zero-order valence-electron chi connectivity index (χ0n) is 21.8. The number of aromatic nitrogens is 3. The highest BCUT2D eigenvalue weighted by atomic mass is 32.2. The van der Waals surface area contributed by atoms with Gasteiger partial charge in [-0.3, -0.25) is 4.98 Å². The molecule has 0 unspecified atom stereocenters. The van der Waals surface area contributed by atoms with E-state index < -0.39 is 5.97 Å². The summed E-state index contributed by atoms with van der Waals surface area (Å²) in [7, 11) is 5.98. The van der Waals surface area contributed by atoms with E-state index >= 15 is 0 Å². The van der Waals surface area contributed by atoms with E-state index in [4.69, 9.17) is 28.3 Å². The zero-order chi connectivity index (χ0) is 27.4. The molecule has 39 heavy (non-hydrogen) atoms. The lowest BCUT2D eigenvalue weighted by atomic mass is 9.94. The molecule has 0 spiro atoms. The minimum Gasteiger partial charge on any atom is -0.493 e. The van der Waals surface area contributed by atoms with Crippen molar-refractivity contribution in [2.45, 2.75) is 11.0 Å². The summed E-state index contributed by atoms with van der Waals surface area (Å²) in [6, 6.07) is 20.9. The van der Waals surface area contributed by atoms with Crippen LogP contribution in [0.1, 0.15) is 16.1 Å². The van der Waals surface area contributed by atoms with Gasteiger partial charge in [0.05, 0.1) is 45.2 Å². The molecule has 0 aliphatic carbocycles. The Hall–Kier alpha value is -4.57. The number of methoxy groups -OCH3 is 4. The molecule has 2 heterocycles. The Kier molecular flexibility index (Phi) is 7.64. The summed E-state index contributed by atoms with van der Waals surface area (Å²) in [4.78, 5) is 17.9. The topological polar surface area (TPSA) is 106 Å². The van der Waals surface area contributed by atoms with Crippen molar-refractivity contribution in [3.8, 4) is 39.8 Å². The molecule has 10 heteroatoms. The molecule has 0 atom stereocenters. The fourth-order valence-electron chi connectivity index (χ4n) is 4.31. The van der Waals surface area contributed by atoms with E-state index in [1.807, 2.05) is 54.6 Å². The van der Waals surface area contributed by atoms with Crippen LogP contribution < -0.4 is 14.2 Å². The smallest absolute Gasteiger partial charge is 0.340 e. The summed E-state index contributed by atoms with van der Waals surface area (Å²) in [6.45, 7) is 0. The van der Waals surface area contributed by atoms with E-state index in [-0.39, 0.29) is 5.89 Å². The summed E-state index contributed by atoms with van der Waals surface area (Å²) >= 11 is 1.27. The van der Waals surface area contributed by atoms with Crippen LogP contribution in [-0.4, -0.2) is 49.6 Å². The van der Waals surface area contributed by atoms with Gasteiger partial charge in [-0.1, -0.05) is 60.3 Å². The van der Waals surface area contributed by atoms with E-state index in [9.17, 15) is 4.79 Å². The highest BCUT2D eigenvalue weighted by molar-refractivity contribution is 7.98. The highest BCUT2D eigenvalue weighted by Gasteiger charge is 2.24.